The molecule has 2 saturated carbocycles. The van der Waals surface area contributed by atoms with Crippen molar-refractivity contribution in [1.82, 2.24) is 0 Å². The summed E-state index contributed by atoms with van der Waals surface area (Å²) in [5.74, 6) is 3.03. The van der Waals surface area contributed by atoms with Crippen LogP contribution in [0.25, 0.3) is 0 Å². The summed E-state index contributed by atoms with van der Waals surface area (Å²) in [4.78, 5) is 0. The average Bonchev–Trinajstić information content (AvgIpc) is 3.22. The summed E-state index contributed by atoms with van der Waals surface area (Å²) in [5, 5.41) is 0. The van der Waals surface area contributed by atoms with Crippen molar-refractivity contribution in [3.8, 4) is 0 Å². The molecule has 2 aliphatic carbocycles. The topological polar surface area (TPSA) is 21.8 Å². The van der Waals surface area contributed by atoms with E-state index in [9.17, 15) is 0 Å². The van der Waals surface area contributed by atoms with Crippen LogP contribution in [0.1, 0.15) is 58.3 Å². The Bertz CT molecular complexity index is 246. The van der Waals surface area contributed by atoms with Crippen LogP contribution in [0.15, 0.2) is 0 Å². The largest absolute Gasteiger partial charge is 0.375 e. The van der Waals surface area contributed by atoms with E-state index in [0.717, 1.165) is 31.0 Å². The lowest BCUT2D eigenvalue weighted by Crippen LogP contribution is -2.28. The van der Waals surface area contributed by atoms with Crippen molar-refractivity contribution in [2.45, 2.75) is 70.5 Å². The van der Waals surface area contributed by atoms with E-state index in [1.807, 2.05) is 0 Å². The molecular formula is C16H28O2. The van der Waals surface area contributed by atoms with Crippen LogP contribution in [0.5, 0.6) is 0 Å². The van der Waals surface area contributed by atoms with Gasteiger partial charge in [-0.15, -0.1) is 0 Å². The fraction of sp³-hybridized carbons (Fsp3) is 1.00. The maximum atomic E-state index is 5.93. The third kappa shape index (κ3) is 3.48. The fourth-order valence-corrected chi connectivity index (χ4v) is 3.89. The summed E-state index contributed by atoms with van der Waals surface area (Å²) in [5.41, 5.74) is 0. The molecule has 3 rings (SSSR count). The van der Waals surface area contributed by atoms with Gasteiger partial charge in [-0.2, -0.15) is 0 Å². The summed E-state index contributed by atoms with van der Waals surface area (Å²) < 4.78 is 11.1. The summed E-state index contributed by atoms with van der Waals surface area (Å²) >= 11 is 0. The summed E-state index contributed by atoms with van der Waals surface area (Å²) in [6.07, 6.45) is 12.3. The predicted octanol–water partition coefficient (Wildman–Crippen LogP) is 3.79. The van der Waals surface area contributed by atoms with E-state index in [1.54, 1.807) is 0 Å². The van der Waals surface area contributed by atoms with E-state index in [1.165, 1.54) is 51.4 Å². The van der Waals surface area contributed by atoms with Crippen LogP contribution in [0.2, 0.25) is 0 Å². The standard InChI is InChI=1S/C16H28O2/c1-12-2-4-13(5-3-12)14-6-8-15(9-7-14)17-10-16-11-18-16/h12-16H,2-11H2,1H3. The Morgan fingerprint density at radius 2 is 1.44 bits per heavy atom. The SMILES string of the molecule is CC1CCC(C2CCC(OCC3CO3)CC2)CC1. The molecule has 18 heavy (non-hydrogen) atoms. The van der Waals surface area contributed by atoms with Crippen molar-refractivity contribution < 1.29 is 9.47 Å². The molecule has 0 aromatic rings. The maximum Gasteiger partial charge on any atom is 0.104 e. The number of rotatable bonds is 4. The number of epoxide rings is 1. The molecule has 0 bridgehead atoms. The quantitative estimate of drug-likeness (QED) is 0.710. The van der Waals surface area contributed by atoms with Crippen molar-refractivity contribution in [2.24, 2.45) is 17.8 Å². The Hall–Kier alpha value is -0.0800. The van der Waals surface area contributed by atoms with Crippen molar-refractivity contribution >= 4 is 0 Å². The van der Waals surface area contributed by atoms with Gasteiger partial charge >= 0.3 is 0 Å². The second kappa shape index (κ2) is 5.92. The van der Waals surface area contributed by atoms with Gasteiger partial charge in [0.15, 0.2) is 0 Å². The van der Waals surface area contributed by atoms with E-state index in [0.29, 0.717) is 12.2 Å². The van der Waals surface area contributed by atoms with Crippen molar-refractivity contribution in [2.75, 3.05) is 13.2 Å². The third-order valence-corrected chi connectivity index (χ3v) is 5.37. The summed E-state index contributed by atoms with van der Waals surface area (Å²) in [7, 11) is 0. The maximum absolute atomic E-state index is 5.93. The molecule has 104 valence electrons. The first kappa shape index (κ1) is 12.9. The Morgan fingerprint density at radius 1 is 0.889 bits per heavy atom. The number of ether oxygens (including phenoxy) is 2. The fourth-order valence-electron chi connectivity index (χ4n) is 3.89. The van der Waals surface area contributed by atoms with E-state index >= 15 is 0 Å². The molecule has 2 nitrogen and oxygen atoms in total. The van der Waals surface area contributed by atoms with Crippen LogP contribution in [0, 0.1) is 17.8 Å². The Labute approximate surface area is 111 Å². The van der Waals surface area contributed by atoms with Gasteiger partial charge in [0.25, 0.3) is 0 Å². The van der Waals surface area contributed by atoms with Gasteiger partial charge in [-0.25, -0.2) is 0 Å². The Morgan fingerprint density at radius 3 is 2.00 bits per heavy atom. The van der Waals surface area contributed by atoms with Crippen LogP contribution in [0.4, 0.5) is 0 Å². The zero-order valence-electron chi connectivity index (χ0n) is 11.8. The lowest BCUT2D eigenvalue weighted by atomic mass is 9.71. The summed E-state index contributed by atoms with van der Waals surface area (Å²) in [6.45, 7) is 4.19. The van der Waals surface area contributed by atoms with Gasteiger partial charge in [0, 0.05) is 0 Å². The molecule has 1 aliphatic heterocycles. The molecule has 0 spiro atoms. The first-order chi connectivity index (χ1) is 8.81. The minimum absolute atomic E-state index is 0.433. The molecule has 0 aromatic heterocycles. The third-order valence-electron chi connectivity index (χ3n) is 5.37. The molecule has 2 heteroatoms. The molecule has 1 heterocycles. The molecule has 0 radical (unpaired) electrons. The van der Waals surface area contributed by atoms with Crippen molar-refractivity contribution in [3.63, 3.8) is 0 Å². The van der Waals surface area contributed by atoms with E-state index < -0.39 is 0 Å². The van der Waals surface area contributed by atoms with Crippen LogP contribution in [-0.2, 0) is 9.47 Å². The molecule has 3 fully saturated rings. The van der Waals surface area contributed by atoms with Gasteiger partial charge in [0.05, 0.1) is 19.3 Å². The molecule has 3 aliphatic rings. The smallest absolute Gasteiger partial charge is 0.104 e. The van der Waals surface area contributed by atoms with Crippen molar-refractivity contribution in [3.05, 3.63) is 0 Å². The van der Waals surface area contributed by atoms with Gasteiger partial charge < -0.3 is 9.47 Å². The molecule has 0 N–H and O–H groups in total. The van der Waals surface area contributed by atoms with Crippen molar-refractivity contribution in [1.29, 1.82) is 0 Å². The van der Waals surface area contributed by atoms with E-state index in [4.69, 9.17) is 9.47 Å². The zero-order chi connectivity index (χ0) is 12.4. The monoisotopic (exact) mass is 252 g/mol. The van der Waals surface area contributed by atoms with E-state index in [-0.39, 0.29) is 0 Å². The van der Waals surface area contributed by atoms with Crippen LogP contribution < -0.4 is 0 Å². The minimum atomic E-state index is 0.433. The molecule has 0 amide bonds. The van der Waals surface area contributed by atoms with Crippen LogP contribution in [-0.4, -0.2) is 25.4 Å². The lowest BCUT2D eigenvalue weighted by molar-refractivity contribution is 0.000790. The summed E-state index contributed by atoms with van der Waals surface area (Å²) in [6, 6.07) is 0. The molecule has 1 unspecified atom stereocenters. The predicted molar refractivity (Wildman–Crippen MR) is 72.6 cm³/mol. The van der Waals surface area contributed by atoms with E-state index in [2.05, 4.69) is 6.92 Å². The highest BCUT2D eigenvalue weighted by atomic mass is 16.6. The van der Waals surface area contributed by atoms with Crippen LogP contribution >= 0.6 is 0 Å². The molecule has 1 saturated heterocycles. The lowest BCUT2D eigenvalue weighted by Gasteiger charge is -2.37. The molecule has 1 atom stereocenters. The average molecular weight is 252 g/mol. The number of hydrogen-bond donors (Lipinski definition) is 0. The van der Waals surface area contributed by atoms with Crippen LogP contribution in [0.3, 0.4) is 0 Å². The van der Waals surface area contributed by atoms with Gasteiger partial charge in [0.1, 0.15) is 6.10 Å². The number of hydrogen-bond acceptors (Lipinski definition) is 2. The van der Waals surface area contributed by atoms with Gasteiger partial charge in [-0.3, -0.25) is 0 Å². The highest BCUT2D eigenvalue weighted by Crippen LogP contribution is 2.40. The highest BCUT2D eigenvalue weighted by molar-refractivity contribution is 4.82. The first-order valence-corrected chi connectivity index (χ1v) is 8.04. The molecule has 0 aromatic carbocycles. The zero-order valence-corrected chi connectivity index (χ0v) is 11.8. The second-order valence-electron chi connectivity index (χ2n) is 6.85. The second-order valence-corrected chi connectivity index (χ2v) is 6.85. The minimum Gasteiger partial charge on any atom is -0.375 e. The normalized spacial score (nSPS) is 44.8. The Balaban J connectivity index is 1.36. The molecular weight excluding hydrogens is 224 g/mol. The van der Waals surface area contributed by atoms with Gasteiger partial charge in [-0.05, 0) is 56.3 Å². The Kier molecular flexibility index (Phi) is 4.25. The highest BCUT2D eigenvalue weighted by Gasteiger charge is 2.31. The van der Waals surface area contributed by atoms with Gasteiger partial charge in [-0.1, -0.05) is 19.8 Å². The van der Waals surface area contributed by atoms with Gasteiger partial charge in [0.2, 0.25) is 0 Å². The first-order valence-electron chi connectivity index (χ1n) is 8.04.